The van der Waals surface area contributed by atoms with Gasteiger partial charge in [-0.3, -0.25) is 4.79 Å². The number of rotatable bonds is 5. The van der Waals surface area contributed by atoms with E-state index in [1.807, 2.05) is 43.3 Å². The first-order valence-electron chi connectivity index (χ1n) is 8.36. The molecule has 0 radical (unpaired) electrons. The summed E-state index contributed by atoms with van der Waals surface area (Å²) in [6.07, 6.45) is 0. The third-order valence-electron chi connectivity index (χ3n) is 3.99. The largest absolute Gasteiger partial charge is 0.351 e. The smallest absolute Gasteiger partial charge is 0.230 e. The van der Waals surface area contributed by atoms with Crippen molar-refractivity contribution in [1.29, 1.82) is 0 Å². The first kappa shape index (κ1) is 17.8. The summed E-state index contributed by atoms with van der Waals surface area (Å²) in [4.78, 5) is 21.4. The maximum atomic E-state index is 12.2. The fourth-order valence-electron chi connectivity index (χ4n) is 2.71. The van der Waals surface area contributed by atoms with Gasteiger partial charge in [-0.05, 0) is 36.8 Å². The molecule has 0 aliphatic carbocycles. The van der Waals surface area contributed by atoms with Crippen molar-refractivity contribution in [3.63, 3.8) is 0 Å². The Morgan fingerprint density at radius 2 is 1.93 bits per heavy atom. The molecule has 2 aromatic heterocycles. The Labute approximate surface area is 165 Å². The number of amides is 1. The van der Waals surface area contributed by atoms with Crippen molar-refractivity contribution >= 4 is 45.8 Å². The number of hydrogen-bond donors (Lipinski definition) is 1. The third-order valence-corrected chi connectivity index (χ3v) is 5.17. The fourth-order valence-corrected chi connectivity index (χ4v) is 3.61. The van der Waals surface area contributed by atoms with Gasteiger partial charge in [-0.1, -0.05) is 47.6 Å². The molecule has 0 aliphatic heterocycles. The second-order valence-corrected chi connectivity index (χ2v) is 7.38. The zero-order chi connectivity index (χ0) is 18.8. The maximum absolute atomic E-state index is 12.2. The molecule has 0 saturated carbocycles. The highest BCUT2D eigenvalue weighted by Gasteiger charge is 2.13. The lowest BCUT2D eigenvalue weighted by Crippen LogP contribution is -2.24. The Hall–Kier alpha value is -2.64. The molecule has 1 amide bonds. The number of fused-ring (bicyclic) bond motifs is 3. The molecule has 2 aromatic carbocycles. The summed E-state index contributed by atoms with van der Waals surface area (Å²) in [5, 5.41) is 9.58. The maximum Gasteiger partial charge on any atom is 0.230 e. The van der Waals surface area contributed by atoms with Crippen LogP contribution in [-0.4, -0.2) is 31.2 Å². The summed E-state index contributed by atoms with van der Waals surface area (Å²) >= 11 is 7.21. The number of hydrogen-bond acceptors (Lipinski definition) is 5. The Morgan fingerprint density at radius 1 is 1.15 bits per heavy atom. The van der Waals surface area contributed by atoms with E-state index in [4.69, 9.17) is 11.6 Å². The molecule has 27 heavy (non-hydrogen) atoms. The molecule has 6 nitrogen and oxygen atoms in total. The average molecular weight is 398 g/mol. The summed E-state index contributed by atoms with van der Waals surface area (Å²) < 4.78 is 1.70. The summed E-state index contributed by atoms with van der Waals surface area (Å²) in [5.74, 6) is 0.838. The average Bonchev–Trinajstić information content (AvgIpc) is 3.07. The van der Waals surface area contributed by atoms with E-state index < -0.39 is 0 Å². The van der Waals surface area contributed by atoms with E-state index in [0.717, 1.165) is 22.1 Å². The number of thioether (sulfide) groups is 1. The standard InChI is InChI=1S/C19H16ClN5OS/c1-12-22-18-15-4-2-3-5-16(15)23-19(25(18)24-12)27-11-17(26)21-10-13-6-8-14(20)9-7-13/h2-9H,10-11H2,1H3,(H,21,26). The molecule has 0 bridgehead atoms. The van der Waals surface area contributed by atoms with Gasteiger partial charge in [-0.2, -0.15) is 4.52 Å². The Bertz CT molecular complexity index is 1130. The van der Waals surface area contributed by atoms with Crippen molar-refractivity contribution in [3.05, 3.63) is 64.9 Å². The van der Waals surface area contributed by atoms with Crippen LogP contribution in [0.25, 0.3) is 16.6 Å². The van der Waals surface area contributed by atoms with E-state index >= 15 is 0 Å². The molecule has 0 spiro atoms. The highest BCUT2D eigenvalue weighted by atomic mass is 35.5. The van der Waals surface area contributed by atoms with Crippen molar-refractivity contribution in [2.45, 2.75) is 18.6 Å². The van der Waals surface area contributed by atoms with Crippen molar-refractivity contribution in [1.82, 2.24) is 24.9 Å². The van der Waals surface area contributed by atoms with Gasteiger partial charge in [0.05, 0.1) is 11.3 Å². The molecule has 4 aromatic rings. The van der Waals surface area contributed by atoms with Gasteiger partial charge in [-0.15, -0.1) is 5.10 Å². The highest BCUT2D eigenvalue weighted by molar-refractivity contribution is 7.99. The minimum Gasteiger partial charge on any atom is -0.351 e. The van der Waals surface area contributed by atoms with E-state index in [0.29, 0.717) is 22.5 Å². The fraction of sp³-hybridized carbons (Fsp3) is 0.158. The number of aromatic nitrogens is 4. The monoisotopic (exact) mass is 397 g/mol. The van der Waals surface area contributed by atoms with Crippen molar-refractivity contribution < 1.29 is 4.79 Å². The number of carbonyl (C=O) groups is 1. The summed E-state index contributed by atoms with van der Waals surface area (Å²) in [5.41, 5.74) is 2.58. The second-order valence-electron chi connectivity index (χ2n) is 6.00. The number of benzene rings is 2. The van der Waals surface area contributed by atoms with Gasteiger partial charge in [0, 0.05) is 17.0 Å². The van der Waals surface area contributed by atoms with Gasteiger partial charge in [0.1, 0.15) is 5.82 Å². The van der Waals surface area contributed by atoms with Crippen LogP contribution in [0.2, 0.25) is 5.02 Å². The second kappa shape index (κ2) is 7.54. The molecular weight excluding hydrogens is 382 g/mol. The molecule has 0 unspecified atom stereocenters. The van der Waals surface area contributed by atoms with Crippen LogP contribution in [0, 0.1) is 6.92 Å². The molecule has 8 heteroatoms. The Kier molecular flexibility index (Phi) is 4.96. The summed E-state index contributed by atoms with van der Waals surface area (Å²) in [6, 6.07) is 15.2. The van der Waals surface area contributed by atoms with E-state index in [9.17, 15) is 4.79 Å². The number of carbonyl (C=O) groups excluding carboxylic acids is 1. The van der Waals surface area contributed by atoms with Gasteiger partial charge in [0.25, 0.3) is 0 Å². The molecule has 0 saturated heterocycles. The van der Waals surface area contributed by atoms with Crippen molar-refractivity contribution in [3.8, 4) is 0 Å². The first-order valence-corrected chi connectivity index (χ1v) is 9.72. The van der Waals surface area contributed by atoms with Crippen LogP contribution >= 0.6 is 23.4 Å². The van der Waals surface area contributed by atoms with E-state index in [1.165, 1.54) is 11.8 Å². The van der Waals surface area contributed by atoms with Gasteiger partial charge in [0.2, 0.25) is 5.91 Å². The molecule has 2 heterocycles. The molecule has 0 fully saturated rings. The summed E-state index contributed by atoms with van der Waals surface area (Å²) in [7, 11) is 0. The third kappa shape index (κ3) is 3.89. The Balaban J connectivity index is 1.49. The van der Waals surface area contributed by atoms with Gasteiger partial charge < -0.3 is 5.32 Å². The zero-order valence-corrected chi connectivity index (χ0v) is 16.1. The van der Waals surface area contributed by atoms with Crippen LogP contribution < -0.4 is 5.32 Å². The van der Waals surface area contributed by atoms with Crippen LogP contribution in [0.15, 0.2) is 53.7 Å². The number of para-hydroxylation sites is 1. The molecular formula is C19H16ClN5OS. The topological polar surface area (TPSA) is 72.2 Å². The molecule has 136 valence electrons. The van der Waals surface area contributed by atoms with Gasteiger partial charge in [0.15, 0.2) is 10.8 Å². The molecule has 0 aliphatic rings. The quantitative estimate of drug-likeness (QED) is 0.411. The SMILES string of the molecule is Cc1nc2c3ccccc3nc(SCC(=O)NCc3ccc(Cl)cc3)n2n1. The predicted molar refractivity (Wildman–Crippen MR) is 107 cm³/mol. The predicted octanol–water partition coefficient (Wildman–Crippen LogP) is 3.65. The van der Waals surface area contributed by atoms with Crippen LogP contribution in [-0.2, 0) is 11.3 Å². The zero-order valence-electron chi connectivity index (χ0n) is 14.5. The number of nitrogens with zero attached hydrogens (tertiary/aromatic N) is 4. The normalized spacial score (nSPS) is 11.2. The van der Waals surface area contributed by atoms with Gasteiger partial charge >= 0.3 is 0 Å². The lowest BCUT2D eigenvalue weighted by molar-refractivity contribution is -0.118. The van der Waals surface area contributed by atoms with E-state index in [2.05, 4.69) is 20.4 Å². The Morgan fingerprint density at radius 3 is 2.74 bits per heavy atom. The van der Waals surface area contributed by atoms with Gasteiger partial charge in [-0.25, -0.2) is 9.97 Å². The molecule has 1 N–H and O–H groups in total. The van der Waals surface area contributed by atoms with Crippen molar-refractivity contribution in [2.24, 2.45) is 0 Å². The molecule has 0 atom stereocenters. The minimum absolute atomic E-state index is 0.0742. The number of aryl methyl sites for hydroxylation is 1. The number of nitrogens with one attached hydrogen (secondary N) is 1. The lowest BCUT2D eigenvalue weighted by Gasteiger charge is -2.07. The van der Waals surface area contributed by atoms with Crippen LogP contribution in [0.4, 0.5) is 0 Å². The summed E-state index contributed by atoms with van der Waals surface area (Å²) in [6.45, 7) is 2.30. The number of halogens is 1. The first-order chi connectivity index (χ1) is 13.1. The van der Waals surface area contributed by atoms with E-state index in [1.54, 1.807) is 16.6 Å². The van der Waals surface area contributed by atoms with Crippen molar-refractivity contribution in [2.75, 3.05) is 5.75 Å². The van der Waals surface area contributed by atoms with E-state index in [-0.39, 0.29) is 11.7 Å². The van der Waals surface area contributed by atoms with Crippen LogP contribution in [0.5, 0.6) is 0 Å². The lowest BCUT2D eigenvalue weighted by atomic mass is 10.2. The van der Waals surface area contributed by atoms with Crippen LogP contribution in [0.3, 0.4) is 0 Å². The molecule has 4 rings (SSSR count). The van der Waals surface area contributed by atoms with Crippen LogP contribution in [0.1, 0.15) is 11.4 Å². The minimum atomic E-state index is -0.0742. The highest BCUT2D eigenvalue weighted by Crippen LogP contribution is 2.23.